The summed E-state index contributed by atoms with van der Waals surface area (Å²) in [4.78, 5) is 16.3. The van der Waals surface area contributed by atoms with Crippen molar-refractivity contribution in [3.05, 3.63) is 48.2 Å². The van der Waals surface area contributed by atoms with Gasteiger partial charge in [0.25, 0.3) is 5.91 Å². The van der Waals surface area contributed by atoms with E-state index in [0.717, 1.165) is 12.8 Å². The van der Waals surface area contributed by atoms with Gasteiger partial charge in [-0.25, -0.2) is 4.98 Å². The average molecular weight is 314 g/mol. The molecule has 0 aliphatic carbocycles. The molecule has 0 spiro atoms. The second-order valence-electron chi connectivity index (χ2n) is 5.29. The molecule has 0 saturated carbocycles. The van der Waals surface area contributed by atoms with Crippen molar-refractivity contribution in [1.82, 2.24) is 4.98 Å². The Morgan fingerprint density at radius 2 is 2.00 bits per heavy atom. The minimum Gasteiger partial charge on any atom is -0.506 e. The molecule has 0 bridgehead atoms. The Bertz CT molecular complexity index is 667. The first-order valence-corrected chi connectivity index (χ1v) is 7.52. The van der Waals surface area contributed by atoms with Crippen LogP contribution in [0.1, 0.15) is 23.2 Å². The minimum absolute atomic E-state index is 0.0216. The zero-order valence-electron chi connectivity index (χ0n) is 12.6. The molecule has 2 heterocycles. The van der Waals surface area contributed by atoms with E-state index in [1.165, 1.54) is 12.3 Å². The van der Waals surface area contributed by atoms with Gasteiger partial charge >= 0.3 is 0 Å². The number of hydrogen-bond donors (Lipinski definition) is 2. The van der Waals surface area contributed by atoms with Gasteiger partial charge < -0.3 is 19.9 Å². The number of pyridine rings is 1. The zero-order chi connectivity index (χ0) is 16.1. The lowest BCUT2D eigenvalue weighted by molar-refractivity contribution is 0.0237. The molecule has 1 aliphatic rings. The predicted octanol–water partition coefficient (Wildman–Crippen LogP) is 2.60. The van der Waals surface area contributed by atoms with Gasteiger partial charge in [-0.05, 0) is 18.2 Å². The normalized spacial score (nSPS) is 15.1. The first kappa shape index (κ1) is 15.3. The number of nitrogens with one attached hydrogen (secondary N) is 1. The number of hydrogen-bond acceptors (Lipinski definition) is 5. The molecular weight excluding hydrogens is 296 g/mol. The lowest BCUT2D eigenvalue weighted by Gasteiger charge is -2.22. The molecule has 1 aromatic heterocycles. The monoisotopic (exact) mass is 314 g/mol. The summed E-state index contributed by atoms with van der Waals surface area (Å²) in [7, 11) is 0. The van der Waals surface area contributed by atoms with Gasteiger partial charge in [0.2, 0.25) is 5.88 Å². The number of benzene rings is 1. The maximum atomic E-state index is 12.1. The van der Waals surface area contributed by atoms with E-state index in [4.69, 9.17) is 9.47 Å². The number of para-hydroxylation sites is 2. The van der Waals surface area contributed by atoms with Crippen LogP contribution >= 0.6 is 0 Å². The number of amides is 1. The van der Waals surface area contributed by atoms with Crippen molar-refractivity contribution in [3.63, 3.8) is 0 Å². The van der Waals surface area contributed by atoms with Crippen molar-refractivity contribution in [2.45, 2.75) is 18.9 Å². The Balaban J connectivity index is 1.62. The highest BCUT2D eigenvalue weighted by Crippen LogP contribution is 2.22. The highest BCUT2D eigenvalue weighted by molar-refractivity contribution is 6.04. The fourth-order valence-corrected chi connectivity index (χ4v) is 2.32. The molecule has 1 aromatic carbocycles. The van der Waals surface area contributed by atoms with Gasteiger partial charge in [0.15, 0.2) is 0 Å². The number of carbonyl (C=O) groups is 1. The molecule has 3 rings (SSSR count). The molecule has 1 fully saturated rings. The van der Waals surface area contributed by atoms with Gasteiger partial charge in [0.05, 0.1) is 24.5 Å². The van der Waals surface area contributed by atoms with Crippen LogP contribution < -0.4 is 10.1 Å². The van der Waals surface area contributed by atoms with Gasteiger partial charge in [-0.3, -0.25) is 4.79 Å². The molecule has 6 nitrogen and oxygen atoms in total. The third-order valence-electron chi connectivity index (χ3n) is 3.61. The molecule has 1 amide bonds. The summed E-state index contributed by atoms with van der Waals surface area (Å²) in [5.74, 6) is 0.181. The summed E-state index contributed by atoms with van der Waals surface area (Å²) in [6, 6.07) is 9.89. The van der Waals surface area contributed by atoms with Crippen LogP contribution in [0.4, 0.5) is 5.69 Å². The van der Waals surface area contributed by atoms with Gasteiger partial charge in [0, 0.05) is 25.1 Å². The second-order valence-corrected chi connectivity index (χ2v) is 5.29. The Morgan fingerprint density at radius 1 is 1.22 bits per heavy atom. The molecule has 1 saturated heterocycles. The first-order chi connectivity index (χ1) is 11.2. The van der Waals surface area contributed by atoms with Crippen LogP contribution in [-0.2, 0) is 4.74 Å². The number of aromatic hydroxyl groups is 1. The van der Waals surface area contributed by atoms with Crippen LogP contribution in [0.2, 0.25) is 0 Å². The molecule has 2 N–H and O–H groups in total. The maximum Gasteiger partial charge on any atom is 0.257 e. The van der Waals surface area contributed by atoms with Crippen molar-refractivity contribution in [3.8, 4) is 11.6 Å². The molecule has 0 atom stereocenters. The topological polar surface area (TPSA) is 80.7 Å². The molecule has 2 aromatic rings. The standard InChI is InChI=1S/C17H18N2O4/c20-15-4-2-1-3-14(15)19-17(21)12-5-6-16(18-11-12)23-13-7-9-22-10-8-13/h1-6,11,13,20H,7-10H2,(H,19,21). The number of rotatable bonds is 4. The summed E-state index contributed by atoms with van der Waals surface area (Å²) in [5, 5.41) is 12.3. The average Bonchev–Trinajstić information content (AvgIpc) is 2.58. The predicted molar refractivity (Wildman–Crippen MR) is 84.8 cm³/mol. The van der Waals surface area contributed by atoms with Crippen LogP contribution in [0.25, 0.3) is 0 Å². The van der Waals surface area contributed by atoms with E-state index in [1.807, 2.05) is 0 Å². The van der Waals surface area contributed by atoms with Crippen LogP contribution in [0.5, 0.6) is 11.6 Å². The minimum atomic E-state index is -0.336. The van der Waals surface area contributed by atoms with Crippen LogP contribution in [-0.4, -0.2) is 35.3 Å². The lowest BCUT2D eigenvalue weighted by Crippen LogP contribution is -2.26. The van der Waals surface area contributed by atoms with E-state index in [1.54, 1.807) is 30.3 Å². The van der Waals surface area contributed by atoms with E-state index in [2.05, 4.69) is 10.3 Å². The Labute approximate surface area is 134 Å². The van der Waals surface area contributed by atoms with Gasteiger partial charge in [-0.1, -0.05) is 12.1 Å². The van der Waals surface area contributed by atoms with Gasteiger partial charge in [-0.2, -0.15) is 0 Å². The third kappa shape index (κ3) is 3.98. The van der Waals surface area contributed by atoms with Crippen molar-refractivity contribution in [1.29, 1.82) is 0 Å². The van der Waals surface area contributed by atoms with E-state index in [9.17, 15) is 9.90 Å². The van der Waals surface area contributed by atoms with Crippen molar-refractivity contribution < 1.29 is 19.4 Å². The quantitative estimate of drug-likeness (QED) is 0.848. The van der Waals surface area contributed by atoms with E-state index < -0.39 is 0 Å². The highest BCUT2D eigenvalue weighted by atomic mass is 16.5. The Morgan fingerprint density at radius 3 is 2.70 bits per heavy atom. The molecule has 120 valence electrons. The molecule has 6 heteroatoms. The SMILES string of the molecule is O=C(Nc1ccccc1O)c1ccc(OC2CCOCC2)nc1. The zero-order valence-corrected chi connectivity index (χ0v) is 12.6. The van der Waals surface area contributed by atoms with Crippen LogP contribution in [0.3, 0.4) is 0 Å². The summed E-state index contributed by atoms with van der Waals surface area (Å²) in [5.41, 5.74) is 0.757. The van der Waals surface area contributed by atoms with Crippen LogP contribution in [0, 0.1) is 0 Å². The number of nitrogens with zero attached hydrogens (tertiary/aromatic N) is 1. The van der Waals surface area contributed by atoms with Crippen LogP contribution in [0.15, 0.2) is 42.6 Å². The fraction of sp³-hybridized carbons (Fsp3) is 0.294. The summed E-state index contributed by atoms with van der Waals surface area (Å²) >= 11 is 0. The number of phenolic OH excluding ortho intramolecular Hbond substituents is 1. The second kappa shape index (κ2) is 7.11. The maximum absolute atomic E-state index is 12.1. The molecule has 23 heavy (non-hydrogen) atoms. The number of carbonyl (C=O) groups excluding carboxylic acids is 1. The summed E-state index contributed by atoms with van der Waals surface area (Å²) in [6.45, 7) is 1.40. The molecule has 0 radical (unpaired) electrons. The summed E-state index contributed by atoms with van der Waals surface area (Å²) < 4.78 is 11.0. The Kier molecular flexibility index (Phi) is 4.73. The first-order valence-electron chi connectivity index (χ1n) is 7.52. The van der Waals surface area contributed by atoms with E-state index in [-0.39, 0.29) is 17.8 Å². The van der Waals surface area contributed by atoms with E-state index in [0.29, 0.717) is 30.3 Å². The molecule has 0 unspecified atom stereocenters. The van der Waals surface area contributed by atoms with Gasteiger partial charge in [-0.15, -0.1) is 0 Å². The number of phenols is 1. The summed E-state index contributed by atoms with van der Waals surface area (Å²) in [6.07, 6.45) is 3.26. The molecule has 1 aliphatic heterocycles. The number of aromatic nitrogens is 1. The van der Waals surface area contributed by atoms with Crippen molar-refractivity contribution in [2.24, 2.45) is 0 Å². The number of anilines is 1. The molecular formula is C17H18N2O4. The number of ether oxygens (including phenoxy) is 2. The van der Waals surface area contributed by atoms with Crippen molar-refractivity contribution in [2.75, 3.05) is 18.5 Å². The highest BCUT2D eigenvalue weighted by Gasteiger charge is 2.16. The smallest absolute Gasteiger partial charge is 0.257 e. The van der Waals surface area contributed by atoms with Crippen molar-refractivity contribution >= 4 is 11.6 Å². The largest absolute Gasteiger partial charge is 0.506 e. The van der Waals surface area contributed by atoms with Gasteiger partial charge in [0.1, 0.15) is 11.9 Å². The Hall–Kier alpha value is -2.60. The lowest BCUT2D eigenvalue weighted by atomic mass is 10.1. The fourth-order valence-electron chi connectivity index (χ4n) is 2.32. The van der Waals surface area contributed by atoms with E-state index >= 15 is 0 Å². The third-order valence-corrected chi connectivity index (χ3v) is 3.61.